The molecule has 0 amide bonds. The Hall–Kier alpha value is -1.74. The number of ether oxygens (including phenoxy) is 1. The number of aromatic carboxylic acids is 1. The molecule has 0 aliphatic rings. The van der Waals surface area contributed by atoms with E-state index in [0.717, 1.165) is 35.4 Å². The molecule has 2 heterocycles. The van der Waals surface area contributed by atoms with Crippen molar-refractivity contribution in [1.29, 1.82) is 0 Å². The molecule has 0 saturated carbocycles. The molecule has 0 spiro atoms. The number of carboxylic acids is 1. The normalized spacial score (nSPS) is 11.6. The number of aliphatic hydroxyl groups excluding tert-OH is 2. The van der Waals surface area contributed by atoms with Crippen LogP contribution in [-0.2, 0) is 15.6 Å². The summed E-state index contributed by atoms with van der Waals surface area (Å²) in [5.74, 6) is -1.21. The molecule has 2 rings (SSSR count). The summed E-state index contributed by atoms with van der Waals surface area (Å²) >= 11 is 2.67. The average molecular weight is 471 g/mol. The highest BCUT2D eigenvalue weighted by Crippen LogP contribution is 2.37. The number of aliphatic hydroxyl groups is 2. The molecule has 2 aromatic rings. The lowest BCUT2D eigenvalue weighted by Gasteiger charge is -2.27. The fourth-order valence-corrected chi connectivity index (χ4v) is 5.78. The van der Waals surface area contributed by atoms with Gasteiger partial charge in [-0.1, -0.05) is 27.7 Å². The molecule has 0 aliphatic carbocycles. The largest absolute Gasteiger partial charge is 0.477 e. The van der Waals surface area contributed by atoms with E-state index in [1.807, 2.05) is 26.0 Å². The van der Waals surface area contributed by atoms with Crippen molar-refractivity contribution in [3.8, 4) is 0 Å². The van der Waals surface area contributed by atoms with Gasteiger partial charge in [0, 0.05) is 20.6 Å². The highest BCUT2D eigenvalue weighted by molar-refractivity contribution is 7.14. The summed E-state index contributed by atoms with van der Waals surface area (Å²) in [6.45, 7) is 8.31. The molecule has 6 nitrogen and oxygen atoms in total. The van der Waals surface area contributed by atoms with E-state index < -0.39 is 5.97 Å². The van der Waals surface area contributed by atoms with Crippen LogP contribution in [0.3, 0.4) is 0 Å². The number of carboxylic acid groups (broad SMARTS) is 1. The smallest absolute Gasteiger partial charge is 0.348 e. The van der Waals surface area contributed by atoms with E-state index in [1.165, 1.54) is 29.8 Å². The van der Waals surface area contributed by atoms with Crippen LogP contribution in [-0.4, -0.2) is 47.6 Å². The maximum absolute atomic E-state index is 11.3. The van der Waals surface area contributed by atoms with Crippen molar-refractivity contribution in [1.82, 2.24) is 0 Å². The highest BCUT2D eigenvalue weighted by atomic mass is 32.1. The molecule has 0 atom stereocenters. The first kappa shape index (κ1) is 27.3. The van der Waals surface area contributed by atoms with Crippen LogP contribution in [0, 0.1) is 0 Å². The quantitative estimate of drug-likeness (QED) is 0.418. The SMILES string of the molecule is CCC(CC)(CO)c1ccc(C(=O)O)s1.CCC(CC)(CO)c1ccc(C(=O)OC)s1. The molecular formula is C23H34O6S2. The van der Waals surface area contributed by atoms with Crippen LogP contribution in [0.25, 0.3) is 0 Å². The van der Waals surface area contributed by atoms with Gasteiger partial charge in [-0.25, -0.2) is 9.59 Å². The van der Waals surface area contributed by atoms with Crippen molar-refractivity contribution in [3.05, 3.63) is 43.8 Å². The van der Waals surface area contributed by atoms with E-state index in [4.69, 9.17) is 5.11 Å². The lowest BCUT2D eigenvalue weighted by molar-refractivity contribution is 0.0605. The molecule has 0 aliphatic heterocycles. The van der Waals surface area contributed by atoms with Crippen LogP contribution >= 0.6 is 22.7 Å². The highest BCUT2D eigenvalue weighted by Gasteiger charge is 2.31. The number of thiophene rings is 2. The first-order chi connectivity index (χ1) is 14.7. The molecule has 0 radical (unpaired) electrons. The molecule has 0 aromatic carbocycles. The first-order valence-corrected chi connectivity index (χ1v) is 12.1. The van der Waals surface area contributed by atoms with Gasteiger partial charge in [-0.2, -0.15) is 0 Å². The first-order valence-electron chi connectivity index (χ1n) is 10.5. The Morgan fingerprint density at radius 3 is 1.48 bits per heavy atom. The van der Waals surface area contributed by atoms with Gasteiger partial charge in [-0.15, -0.1) is 22.7 Å². The van der Waals surface area contributed by atoms with Gasteiger partial charge in [-0.3, -0.25) is 0 Å². The molecule has 0 unspecified atom stereocenters. The Morgan fingerprint density at radius 1 is 0.806 bits per heavy atom. The third-order valence-corrected chi connectivity index (χ3v) is 8.80. The zero-order valence-corrected chi connectivity index (χ0v) is 20.6. The van der Waals surface area contributed by atoms with Gasteiger partial charge < -0.3 is 20.1 Å². The maximum Gasteiger partial charge on any atom is 0.348 e. The summed E-state index contributed by atoms with van der Waals surface area (Å²) in [7, 11) is 1.38. The Labute approximate surface area is 192 Å². The van der Waals surface area contributed by atoms with E-state index in [0.29, 0.717) is 9.75 Å². The molecule has 2 aromatic heterocycles. The van der Waals surface area contributed by atoms with Crippen molar-refractivity contribution in [2.45, 2.75) is 64.2 Å². The molecule has 31 heavy (non-hydrogen) atoms. The topological polar surface area (TPSA) is 104 Å². The van der Waals surface area contributed by atoms with E-state index in [-0.39, 0.29) is 30.0 Å². The standard InChI is InChI=1S/C12H18O3S.C11H16O3S/c1-4-12(5-2,8-13)10-7-6-9(16-10)11(14)15-3;1-3-11(4-2,7-12)9-6-5-8(15-9)10(13)14/h6-7,13H,4-5,8H2,1-3H3;5-6,12H,3-4,7H2,1-2H3,(H,13,14). The van der Waals surface area contributed by atoms with Gasteiger partial charge in [0.25, 0.3) is 0 Å². The van der Waals surface area contributed by atoms with Gasteiger partial charge in [0.1, 0.15) is 9.75 Å². The van der Waals surface area contributed by atoms with Crippen LogP contribution in [0.1, 0.15) is 82.5 Å². The van der Waals surface area contributed by atoms with Crippen LogP contribution in [0.2, 0.25) is 0 Å². The summed E-state index contributed by atoms with van der Waals surface area (Å²) in [6, 6.07) is 7.11. The number of rotatable bonds is 10. The van der Waals surface area contributed by atoms with Gasteiger partial charge in [0.05, 0.1) is 20.3 Å². The number of carbonyl (C=O) groups excluding carboxylic acids is 1. The average Bonchev–Trinajstić information content (AvgIpc) is 3.48. The van der Waals surface area contributed by atoms with Crippen molar-refractivity contribution >= 4 is 34.6 Å². The van der Waals surface area contributed by atoms with Crippen LogP contribution in [0.15, 0.2) is 24.3 Å². The van der Waals surface area contributed by atoms with Gasteiger partial charge in [0.2, 0.25) is 0 Å². The van der Waals surface area contributed by atoms with Crippen LogP contribution in [0.5, 0.6) is 0 Å². The van der Waals surface area contributed by atoms with E-state index in [2.05, 4.69) is 18.6 Å². The summed E-state index contributed by atoms with van der Waals surface area (Å²) < 4.78 is 4.67. The minimum atomic E-state index is -0.898. The molecule has 0 saturated heterocycles. The van der Waals surface area contributed by atoms with Crippen molar-refractivity contribution < 1.29 is 29.6 Å². The number of hydrogen-bond acceptors (Lipinski definition) is 7. The van der Waals surface area contributed by atoms with Gasteiger partial charge in [0.15, 0.2) is 0 Å². The predicted octanol–water partition coefficient (Wildman–Crippen LogP) is 5.08. The van der Waals surface area contributed by atoms with Crippen LogP contribution in [0.4, 0.5) is 0 Å². The Kier molecular flexibility index (Phi) is 10.9. The lowest BCUT2D eigenvalue weighted by Crippen LogP contribution is -2.27. The minimum Gasteiger partial charge on any atom is -0.477 e. The number of esters is 1. The van der Waals surface area contributed by atoms with Crippen molar-refractivity contribution in [2.24, 2.45) is 0 Å². The predicted molar refractivity (Wildman–Crippen MR) is 126 cm³/mol. The van der Waals surface area contributed by atoms with Crippen LogP contribution < -0.4 is 0 Å². The number of carbonyl (C=O) groups is 2. The third kappa shape index (κ3) is 6.16. The summed E-state index contributed by atoms with van der Waals surface area (Å²) in [4.78, 5) is 25.1. The second-order valence-electron chi connectivity index (χ2n) is 7.42. The maximum atomic E-state index is 11.3. The second kappa shape index (κ2) is 12.3. The Balaban J connectivity index is 0.000000311. The molecule has 174 valence electrons. The molecule has 3 N–H and O–H groups in total. The zero-order valence-electron chi connectivity index (χ0n) is 18.9. The Morgan fingerprint density at radius 2 is 1.19 bits per heavy atom. The minimum absolute atomic E-state index is 0.0690. The molecular weight excluding hydrogens is 436 g/mol. The summed E-state index contributed by atoms with van der Waals surface area (Å²) in [5, 5.41) is 27.8. The second-order valence-corrected chi connectivity index (χ2v) is 9.58. The third-order valence-electron chi connectivity index (χ3n) is 6.17. The monoisotopic (exact) mass is 470 g/mol. The fourth-order valence-electron chi connectivity index (χ4n) is 3.37. The molecule has 0 fully saturated rings. The molecule has 0 bridgehead atoms. The fraction of sp³-hybridized carbons (Fsp3) is 0.565. The summed E-state index contributed by atoms with van der Waals surface area (Å²) in [5.41, 5.74) is -0.477. The number of hydrogen-bond donors (Lipinski definition) is 3. The van der Waals surface area contributed by atoms with E-state index in [9.17, 15) is 19.8 Å². The van der Waals surface area contributed by atoms with Gasteiger partial charge in [-0.05, 0) is 49.9 Å². The zero-order chi connectivity index (χ0) is 23.7. The Bertz CT molecular complexity index is 814. The summed E-state index contributed by atoms with van der Waals surface area (Å²) in [6.07, 6.45) is 3.36. The van der Waals surface area contributed by atoms with Crippen molar-refractivity contribution in [2.75, 3.05) is 20.3 Å². The van der Waals surface area contributed by atoms with Crippen molar-refractivity contribution in [3.63, 3.8) is 0 Å². The number of methoxy groups -OCH3 is 1. The van der Waals surface area contributed by atoms with E-state index in [1.54, 1.807) is 12.1 Å². The lowest BCUT2D eigenvalue weighted by atomic mass is 9.82. The molecule has 8 heteroatoms. The van der Waals surface area contributed by atoms with Gasteiger partial charge >= 0.3 is 11.9 Å². The van der Waals surface area contributed by atoms with E-state index >= 15 is 0 Å².